The molecule has 0 aromatic heterocycles. The van der Waals surface area contributed by atoms with E-state index in [9.17, 15) is 4.79 Å². The molecule has 0 saturated heterocycles. The highest BCUT2D eigenvalue weighted by Crippen LogP contribution is 2.51. The second-order valence-corrected chi connectivity index (χ2v) is 10.8. The number of hydrogen-bond acceptors (Lipinski definition) is 1. The van der Waals surface area contributed by atoms with Crippen LogP contribution >= 0.6 is 0 Å². The SMILES string of the molecule is Cc1ccc(C2C(=O)C(CC3C=CC=CC3)C(C)C(C3CCCCC3)c3ccccc32)cc1. The van der Waals surface area contributed by atoms with E-state index in [-0.39, 0.29) is 11.8 Å². The van der Waals surface area contributed by atoms with Crippen molar-refractivity contribution in [3.05, 3.63) is 95.1 Å². The largest absolute Gasteiger partial charge is 0.298 e. The van der Waals surface area contributed by atoms with Crippen molar-refractivity contribution in [1.82, 2.24) is 0 Å². The fourth-order valence-corrected chi connectivity index (χ4v) is 6.98. The fraction of sp³-hybridized carbons (Fsp3) is 0.469. The molecule has 33 heavy (non-hydrogen) atoms. The molecule has 3 aliphatic rings. The monoisotopic (exact) mass is 438 g/mol. The summed E-state index contributed by atoms with van der Waals surface area (Å²) in [6.07, 6.45) is 17.6. The van der Waals surface area contributed by atoms with E-state index in [2.05, 4.69) is 86.7 Å². The van der Waals surface area contributed by atoms with E-state index in [0.29, 0.717) is 29.5 Å². The van der Waals surface area contributed by atoms with E-state index in [1.54, 1.807) is 0 Å². The minimum atomic E-state index is -0.147. The van der Waals surface area contributed by atoms with E-state index >= 15 is 0 Å². The molecule has 2 aromatic carbocycles. The Kier molecular flexibility index (Phi) is 6.67. The van der Waals surface area contributed by atoms with Crippen molar-refractivity contribution < 1.29 is 4.79 Å². The van der Waals surface area contributed by atoms with Gasteiger partial charge in [-0.2, -0.15) is 0 Å². The van der Waals surface area contributed by atoms with Gasteiger partial charge >= 0.3 is 0 Å². The molecule has 1 saturated carbocycles. The van der Waals surface area contributed by atoms with Crippen LogP contribution in [0, 0.1) is 30.6 Å². The topological polar surface area (TPSA) is 17.1 Å². The van der Waals surface area contributed by atoms with Crippen molar-refractivity contribution in [3.63, 3.8) is 0 Å². The first-order chi connectivity index (χ1) is 16.1. The number of carbonyl (C=O) groups is 1. The molecule has 0 aliphatic heterocycles. The van der Waals surface area contributed by atoms with E-state index in [4.69, 9.17) is 0 Å². The van der Waals surface area contributed by atoms with E-state index in [1.807, 2.05) is 0 Å². The molecular formula is C32H38O. The van der Waals surface area contributed by atoms with Crippen LogP contribution in [-0.4, -0.2) is 5.78 Å². The number of aryl methyl sites for hydroxylation is 1. The van der Waals surface area contributed by atoms with Crippen molar-refractivity contribution in [3.8, 4) is 0 Å². The Bertz CT molecular complexity index is 1020. The maximum absolute atomic E-state index is 14.5. The van der Waals surface area contributed by atoms with Crippen LogP contribution < -0.4 is 0 Å². The number of ketones is 1. The van der Waals surface area contributed by atoms with Crippen molar-refractivity contribution in [1.29, 1.82) is 0 Å². The number of allylic oxidation sites excluding steroid dienone is 4. The van der Waals surface area contributed by atoms with Gasteiger partial charge in [0.15, 0.2) is 0 Å². The van der Waals surface area contributed by atoms with Crippen molar-refractivity contribution in [2.45, 2.75) is 70.6 Å². The molecule has 1 heteroatoms. The van der Waals surface area contributed by atoms with Crippen LogP contribution in [0.15, 0.2) is 72.8 Å². The number of benzene rings is 2. The maximum atomic E-state index is 14.5. The van der Waals surface area contributed by atoms with Crippen molar-refractivity contribution in [2.75, 3.05) is 0 Å². The summed E-state index contributed by atoms with van der Waals surface area (Å²) in [5.74, 6) is 2.41. The molecule has 5 atom stereocenters. The molecule has 2 aromatic rings. The molecule has 0 radical (unpaired) electrons. The van der Waals surface area contributed by atoms with Crippen LogP contribution in [-0.2, 0) is 4.79 Å². The molecule has 172 valence electrons. The van der Waals surface area contributed by atoms with Crippen LogP contribution in [0.4, 0.5) is 0 Å². The number of carbonyl (C=O) groups excluding carboxylic acids is 1. The molecule has 0 heterocycles. The Hall–Kier alpha value is -2.41. The van der Waals surface area contributed by atoms with E-state index in [1.165, 1.54) is 54.4 Å². The zero-order chi connectivity index (χ0) is 22.8. The minimum absolute atomic E-state index is 0.0942. The Morgan fingerprint density at radius 1 is 0.879 bits per heavy atom. The molecular weight excluding hydrogens is 400 g/mol. The van der Waals surface area contributed by atoms with Crippen molar-refractivity contribution >= 4 is 5.78 Å². The molecule has 0 amide bonds. The summed E-state index contributed by atoms with van der Waals surface area (Å²) in [4.78, 5) is 14.5. The minimum Gasteiger partial charge on any atom is -0.298 e. The normalized spacial score (nSPS) is 30.1. The molecule has 5 rings (SSSR count). The molecule has 0 spiro atoms. The molecule has 0 bridgehead atoms. The van der Waals surface area contributed by atoms with Crippen LogP contribution in [0.3, 0.4) is 0 Å². The highest BCUT2D eigenvalue weighted by atomic mass is 16.1. The predicted molar refractivity (Wildman–Crippen MR) is 137 cm³/mol. The molecule has 0 N–H and O–H groups in total. The standard InChI is InChI=1S/C32H38O/c1-22-17-19-26(20-18-22)31-28-16-10-9-15-27(28)30(25-13-7-4-8-14-25)23(2)29(32(31)33)21-24-11-5-3-6-12-24/h3,5-6,9-11,15-20,23-25,29-31H,4,7-8,12-14,21H2,1-2H3. The summed E-state index contributed by atoms with van der Waals surface area (Å²) in [5, 5.41) is 0. The molecule has 1 fully saturated rings. The lowest BCUT2D eigenvalue weighted by molar-refractivity contribution is -0.125. The second kappa shape index (κ2) is 9.84. The van der Waals surface area contributed by atoms with Gasteiger partial charge in [-0.15, -0.1) is 0 Å². The van der Waals surface area contributed by atoms with Gasteiger partial charge in [-0.1, -0.05) is 105 Å². The zero-order valence-corrected chi connectivity index (χ0v) is 20.3. The van der Waals surface area contributed by atoms with Crippen LogP contribution in [0.2, 0.25) is 0 Å². The van der Waals surface area contributed by atoms with Crippen LogP contribution in [0.1, 0.15) is 86.0 Å². The summed E-state index contributed by atoms with van der Waals surface area (Å²) in [5.41, 5.74) is 5.14. The third-order valence-electron chi connectivity index (χ3n) is 8.71. The predicted octanol–water partition coefficient (Wildman–Crippen LogP) is 8.15. The fourth-order valence-electron chi connectivity index (χ4n) is 6.98. The van der Waals surface area contributed by atoms with Crippen molar-refractivity contribution in [2.24, 2.45) is 23.7 Å². The quantitative estimate of drug-likeness (QED) is 0.440. The number of rotatable bonds is 4. The maximum Gasteiger partial charge on any atom is 0.148 e. The highest BCUT2D eigenvalue weighted by Gasteiger charge is 2.44. The number of Topliss-reactive ketones (excluding diaryl/α,β-unsaturated/α-hetero) is 1. The lowest BCUT2D eigenvalue weighted by Gasteiger charge is -2.37. The van der Waals surface area contributed by atoms with Gasteiger partial charge in [0, 0.05) is 5.92 Å². The first kappa shape index (κ1) is 22.4. The third-order valence-corrected chi connectivity index (χ3v) is 8.71. The van der Waals surface area contributed by atoms with Gasteiger partial charge in [-0.3, -0.25) is 4.79 Å². The summed E-state index contributed by atoms with van der Waals surface area (Å²) >= 11 is 0. The van der Waals surface area contributed by atoms with Gasteiger partial charge in [-0.25, -0.2) is 0 Å². The third kappa shape index (κ3) is 4.52. The van der Waals surface area contributed by atoms with Gasteiger partial charge in [-0.05, 0) is 73.0 Å². The molecule has 1 nitrogen and oxygen atoms in total. The van der Waals surface area contributed by atoms with Gasteiger partial charge in [0.25, 0.3) is 0 Å². The lowest BCUT2D eigenvalue weighted by Crippen LogP contribution is -2.32. The molecule has 3 aliphatic carbocycles. The van der Waals surface area contributed by atoms with Gasteiger partial charge in [0.05, 0.1) is 5.92 Å². The smallest absolute Gasteiger partial charge is 0.148 e. The van der Waals surface area contributed by atoms with Gasteiger partial charge < -0.3 is 0 Å². The zero-order valence-electron chi connectivity index (χ0n) is 20.3. The first-order valence-corrected chi connectivity index (χ1v) is 13.2. The van der Waals surface area contributed by atoms with Gasteiger partial charge in [0.2, 0.25) is 0 Å². The second-order valence-electron chi connectivity index (χ2n) is 10.8. The Morgan fingerprint density at radius 2 is 1.61 bits per heavy atom. The summed E-state index contributed by atoms with van der Waals surface area (Å²) in [6, 6.07) is 17.7. The lowest BCUT2D eigenvalue weighted by atomic mass is 9.66. The summed E-state index contributed by atoms with van der Waals surface area (Å²) in [7, 11) is 0. The van der Waals surface area contributed by atoms with E-state index < -0.39 is 0 Å². The van der Waals surface area contributed by atoms with E-state index in [0.717, 1.165) is 12.8 Å². The van der Waals surface area contributed by atoms with Gasteiger partial charge in [0.1, 0.15) is 5.78 Å². The van der Waals surface area contributed by atoms with Crippen LogP contribution in [0.5, 0.6) is 0 Å². The first-order valence-electron chi connectivity index (χ1n) is 13.2. The number of hydrogen-bond donors (Lipinski definition) is 0. The summed E-state index contributed by atoms with van der Waals surface area (Å²) < 4.78 is 0. The van der Waals surface area contributed by atoms with Crippen LogP contribution in [0.25, 0.3) is 0 Å². The Labute approximate surface area is 200 Å². The molecule has 5 unspecified atom stereocenters. The Morgan fingerprint density at radius 3 is 2.30 bits per heavy atom. The average molecular weight is 439 g/mol. The highest BCUT2D eigenvalue weighted by molar-refractivity contribution is 5.92. The number of fused-ring (bicyclic) bond motifs is 1. The Balaban J connectivity index is 1.62. The summed E-state index contributed by atoms with van der Waals surface area (Å²) in [6.45, 7) is 4.53. The average Bonchev–Trinajstić information content (AvgIpc) is 2.94.